The Morgan fingerprint density at radius 1 is 1.33 bits per heavy atom. The maximum atomic E-state index is 5.61. The summed E-state index contributed by atoms with van der Waals surface area (Å²) in [5.74, 6) is 0. The highest BCUT2D eigenvalue weighted by Gasteiger charge is 2.03. The Labute approximate surface area is 78.7 Å². The van der Waals surface area contributed by atoms with E-state index in [9.17, 15) is 0 Å². The fourth-order valence-corrected chi connectivity index (χ4v) is 2.61. The number of anilines is 1. The third kappa shape index (κ3) is 1.35. The van der Waals surface area contributed by atoms with Gasteiger partial charge in [-0.15, -0.1) is 22.7 Å². The quantitative estimate of drug-likeness (QED) is 0.761. The van der Waals surface area contributed by atoms with Crippen molar-refractivity contribution in [1.29, 1.82) is 0 Å². The van der Waals surface area contributed by atoms with Crippen molar-refractivity contribution >= 4 is 28.4 Å². The second kappa shape index (κ2) is 2.88. The number of hydrogen-bond donors (Lipinski definition) is 1. The van der Waals surface area contributed by atoms with Crippen LogP contribution < -0.4 is 5.73 Å². The van der Waals surface area contributed by atoms with E-state index < -0.39 is 0 Å². The molecule has 62 valence electrons. The van der Waals surface area contributed by atoms with E-state index in [4.69, 9.17) is 5.73 Å². The molecule has 0 saturated carbocycles. The molecule has 0 atom stereocenters. The van der Waals surface area contributed by atoms with Gasteiger partial charge in [0.2, 0.25) is 0 Å². The molecule has 2 nitrogen and oxygen atoms in total. The monoisotopic (exact) mass is 196 g/mol. The van der Waals surface area contributed by atoms with Crippen molar-refractivity contribution in [2.75, 3.05) is 5.73 Å². The highest BCUT2D eigenvalue weighted by atomic mass is 32.1. The Bertz CT molecular complexity index is 351. The van der Waals surface area contributed by atoms with Crippen LogP contribution in [0.3, 0.4) is 0 Å². The summed E-state index contributed by atoms with van der Waals surface area (Å²) in [5, 5.41) is 5.05. The molecule has 0 aromatic carbocycles. The molecule has 2 aromatic rings. The van der Waals surface area contributed by atoms with E-state index in [0.717, 1.165) is 21.3 Å². The molecule has 2 rings (SSSR count). The molecule has 0 amide bonds. The van der Waals surface area contributed by atoms with Crippen LogP contribution in [0.1, 0.15) is 5.69 Å². The lowest BCUT2D eigenvalue weighted by molar-refractivity contribution is 1.27. The second-order valence-corrected chi connectivity index (χ2v) is 4.31. The molecule has 0 aliphatic carbocycles. The fraction of sp³-hybridized carbons (Fsp3) is 0.125. The van der Waals surface area contributed by atoms with Gasteiger partial charge in [0.25, 0.3) is 0 Å². The predicted octanol–water partition coefficient (Wildman–Crippen LogP) is 2.76. The van der Waals surface area contributed by atoms with Crippen molar-refractivity contribution in [1.82, 2.24) is 4.98 Å². The number of hydrogen-bond acceptors (Lipinski definition) is 4. The maximum Gasteiger partial charge on any atom is 0.133 e. The van der Waals surface area contributed by atoms with Crippen LogP contribution in [0.15, 0.2) is 16.8 Å². The number of aromatic nitrogens is 1. The van der Waals surface area contributed by atoms with Gasteiger partial charge in [-0.1, -0.05) is 0 Å². The number of aryl methyl sites for hydroxylation is 1. The van der Waals surface area contributed by atoms with Crippen LogP contribution >= 0.6 is 22.7 Å². The van der Waals surface area contributed by atoms with Crippen molar-refractivity contribution in [2.45, 2.75) is 6.92 Å². The molecule has 0 fully saturated rings. The Kier molecular flexibility index (Phi) is 1.86. The normalized spacial score (nSPS) is 10.4. The molecule has 4 heteroatoms. The topological polar surface area (TPSA) is 38.9 Å². The lowest BCUT2D eigenvalue weighted by atomic mass is 10.4. The third-order valence-corrected chi connectivity index (χ3v) is 3.53. The molecular weight excluding hydrogens is 188 g/mol. The largest absolute Gasteiger partial charge is 0.398 e. The number of nitrogen functional groups attached to an aromatic ring is 1. The van der Waals surface area contributed by atoms with Gasteiger partial charge in [-0.25, -0.2) is 4.98 Å². The van der Waals surface area contributed by atoms with E-state index in [0.29, 0.717) is 0 Å². The maximum absolute atomic E-state index is 5.61. The minimum atomic E-state index is 0.822. The Balaban J connectivity index is 2.43. The Morgan fingerprint density at radius 3 is 2.67 bits per heavy atom. The van der Waals surface area contributed by atoms with Crippen LogP contribution in [0.25, 0.3) is 9.88 Å². The average molecular weight is 196 g/mol. The highest BCUT2D eigenvalue weighted by molar-refractivity contribution is 7.20. The second-order valence-electron chi connectivity index (χ2n) is 2.54. The first-order chi connectivity index (χ1) is 5.75. The van der Waals surface area contributed by atoms with Gasteiger partial charge in [-0.05, 0) is 13.0 Å². The summed E-state index contributed by atoms with van der Waals surface area (Å²) in [6.45, 7) is 2.00. The average Bonchev–Trinajstić information content (AvgIpc) is 2.58. The van der Waals surface area contributed by atoms with Gasteiger partial charge in [0.1, 0.15) is 5.01 Å². The molecule has 0 unspecified atom stereocenters. The van der Waals surface area contributed by atoms with Gasteiger partial charge in [0.15, 0.2) is 0 Å². The van der Waals surface area contributed by atoms with E-state index in [1.807, 2.05) is 23.8 Å². The van der Waals surface area contributed by atoms with Crippen molar-refractivity contribution in [3.8, 4) is 9.88 Å². The minimum absolute atomic E-state index is 0.822. The third-order valence-electron chi connectivity index (χ3n) is 1.45. The van der Waals surface area contributed by atoms with Crippen molar-refractivity contribution < 1.29 is 0 Å². The van der Waals surface area contributed by atoms with Crippen molar-refractivity contribution in [3.63, 3.8) is 0 Å². The standard InChI is InChI=1S/C8H8N2S2/c1-5-3-12-8(10-5)7-2-6(9)4-11-7/h2-4H,9H2,1H3. The van der Waals surface area contributed by atoms with E-state index in [1.165, 1.54) is 0 Å². The first kappa shape index (κ1) is 7.76. The summed E-state index contributed by atoms with van der Waals surface area (Å²) in [4.78, 5) is 5.53. The lowest BCUT2D eigenvalue weighted by Crippen LogP contribution is -1.76. The van der Waals surface area contributed by atoms with E-state index in [-0.39, 0.29) is 0 Å². The number of rotatable bonds is 1. The summed E-state index contributed by atoms with van der Waals surface area (Å²) < 4.78 is 0. The van der Waals surface area contributed by atoms with Gasteiger partial charge < -0.3 is 5.73 Å². The van der Waals surface area contributed by atoms with Gasteiger partial charge >= 0.3 is 0 Å². The fourth-order valence-electron chi connectivity index (χ4n) is 0.930. The molecule has 2 aromatic heterocycles. The van der Waals surface area contributed by atoms with Crippen LogP contribution in [0.5, 0.6) is 0 Å². The first-order valence-electron chi connectivity index (χ1n) is 3.52. The van der Waals surface area contributed by atoms with Gasteiger partial charge in [-0.3, -0.25) is 0 Å². The molecule has 0 aliphatic heterocycles. The summed E-state index contributed by atoms with van der Waals surface area (Å²) >= 11 is 3.30. The Morgan fingerprint density at radius 2 is 2.17 bits per heavy atom. The van der Waals surface area contributed by atoms with E-state index in [1.54, 1.807) is 22.7 Å². The van der Waals surface area contributed by atoms with Crippen molar-refractivity contribution in [3.05, 3.63) is 22.5 Å². The van der Waals surface area contributed by atoms with Crippen LogP contribution in [-0.2, 0) is 0 Å². The molecule has 0 bridgehead atoms. The lowest BCUT2D eigenvalue weighted by Gasteiger charge is -1.85. The summed E-state index contributed by atoms with van der Waals surface area (Å²) in [6, 6.07) is 1.96. The molecule has 0 radical (unpaired) electrons. The summed E-state index contributed by atoms with van der Waals surface area (Å²) in [5.41, 5.74) is 7.50. The van der Waals surface area contributed by atoms with Crippen LogP contribution in [0.4, 0.5) is 5.69 Å². The van der Waals surface area contributed by atoms with Gasteiger partial charge in [0, 0.05) is 22.1 Å². The van der Waals surface area contributed by atoms with Crippen molar-refractivity contribution in [2.24, 2.45) is 0 Å². The smallest absolute Gasteiger partial charge is 0.133 e. The molecule has 0 saturated heterocycles. The van der Waals surface area contributed by atoms with E-state index in [2.05, 4.69) is 4.98 Å². The zero-order valence-electron chi connectivity index (χ0n) is 6.57. The SMILES string of the molecule is Cc1csc(-c2cc(N)cs2)n1. The number of nitrogens with zero attached hydrogens (tertiary/aromatic N) is 1. The van der Waals surface area contributed by atoms with Crippen LogP contribution in [0.2, 0.25) is 0 Å². The molecule has 2 heterocycles. The van der Waals surface area contributed by atoms with E-state index >= 15 is 0 Å². The first-order valence-corrected chi connectivity index (χ1v) is 5.28. The molecule has 0 aliphatic rings. The highest BCUT2D eigenvalue weighted by Crippen LogP contribution is 2.30. The number of nitrogens with two attached hydrogens (primary N) is 1. The summed E-state index contributed by atoms with van der Waals surface area (Å²) in [6.07, 6.45) is 0. The molecule has 0 spiro atoms. The Hall–Kier alpha value is -0.870. The van der Waals surface area contributed by atoms with Gasteiger partial charge in [0.05, 0.1) is 4.88 Å². The molecule has 12 heavy (non-hydrogen) atoms. The van der Waals surface area contributed by atoms with Crippen LogP contribution in [-0.4, -0.2) is 4.98 Å². The predicted molar refractivity (Wildman–Crippen MR) is 54.6 cm³/mol. The molecular formula is C8H8N2S2. The minimum Gasteiger partial charge on any atom is -0.398 e. The zero-order valence-corrected chi connectivity index (χ0v) is 8.21. The molecule has 2 N–H and O–H groups in total. The number of thiazole rings is 1. The zero-order chi connectivity index (χ0) is 8.55. The summed E-state index contributed by atoms with van der Waals surface area (Å²) in [7, 11) is 0. The van der Waals surface area contributed by atoms with Crippen LogP contribution in [0, 0.1) is 6.92 Å². The number of thiophene rings is 1. The van der Waals surface area contributed by atoms with Gasteiger partial charge in [-0.2, -0.15) is 0 Å².